The zero-order valence-corrected chi connectivity index (χ0v) is 24.5. The smallest absolute Gasteiger partial charge is 0.280 e. The number of ether oxygens (including phenoxy) is 1. The lowest BCUT2D eigenvalue weighted by atomic mass is 10.1. The van der Waals surface area contributed by atoms with Gasteiger partial charge in [-0.3, -0.25) is 9.36 Å². The van der Waals surface area contributed by atoms with Gasteiger partial charge in [-0.2, -0.15) is 14.1 Å². The summed E-state index contributed by atoms with van der Waals surface area (Å²) < 4.78 is 39.6. The molecule has 1 aliphatic rings. The standard InChI is InChI=1S/C27H36N8O4S/c1-6-8-21-23-24(35(30-21)27-28-11-12-32(27)4)26(36)33(5)25(29-23)20-18-19(9-10-22(20)39-17-7-2)40(37,38)34-15-13-31(3)14-16-34/h9-12,18H,6-8,13-17H2,1-5H3. The van der Waals surface area contributed by atoms with Crippen LogP contribution in [0.25, 0.3) is 28.4 Å². The van der Waals surface area contributed by atoms with Gasteiger partial charge < -0.3 is 14.2 Å². The monoisotopic (exact) mass is 568 g/mol. The Kier molecular flexibility index (Phi) is 7.80. The van der Waals surface area contributed by atoms with Gasteiger partial charge in [0, 0.05) is 52.7 Å². The van der Waals surface area contributed by atoms with Crippen molar-refractivity contribution >= 4 is 21.1 Å². The number of piperazine rings is 1. The molecule has 0 spiro atoms. The van der Waals surface area contributed by atoms with Crippen molar-refractivity contribution in [3.63, 3.8) is 0 Å². The number of sulfonamides is 1. The second kappa shape index (κ2) is 11.1. The number of nitrogens with zero attached hydrogens (tertiary/aromatic N) is 8. The average Bonchev–Trinajstić information content (AvgIpc) is 3.52. The molecular formula is C27H36N8O4S. The van der Waals surface area contributed by atoms with E-state index in [1.165, 1.54) is 8.87 Å². The number of aromatic nitrogens is 6. The summed E-state index contributed by atoms with van der Waals surface area (Å²) >= 11 is 0. The Morgan fingerprint density at radius 1 is 1.02 bits per heavy atom. The van der Waals surface area contributed by atoms with Gasteiger partial charge in [-0.05, 0) is 38.1 Å². The lowest BCUT2D eigenvalue weighted by Gasteiger charge is -2.31. The second-order valence-corrected chi connectivity index (χ2v) is 12.1. The Hall–Kier alpha value is -3.55. The van der Waals surface area contributed by atoms with Crippen LogP contribution in [-0.2, 0) is 30.5 Å². The Labute approximate surface area is 233 Å². The van der Waals surface area contributed by atoms with Gasteiger partial charge >= 0.3 is 0 Å². The first kappa shape index (κ1) is 28.0. The second-order valence-electron chi connectivity index (χ2n) is 10.2. The predicted molar refractivity (Wildman–Crippen MR) is 152 cm³/mol. The molecule has 0 unspecified atom stereocenters. The summed E-state index contributed by atoms with van der Waals surface area (Å²) in [4.78, 5) is 25.5. The molecule has 5 rings (SSSR count). The largest absolute Gasteiger partial charge is 0.493 e. The van der Waals surface area contributed by atoms with Crippen molar-refractivity contribution in [3.05, 3.63) is 46.6 Å². The summed E-state index contributed by atoms with van der Waals surface area (Å²) in [6.07, 6.45) is 5.63. The fourth-order valence-corrected chi connectivity index (χ4v) is 6.36. The van der Waals surface area contributed by atoms with Crippen LogP contribution in [0.5, 0.6) is 5.75 Å². The molecule has 1 aliphatic heterocycles. The first-order valence-corrected chi connectivity index (χ1v) is 15.0. The zero-order chi connectivity index (χ0) is 28.6. The van der Waals surface area contributed by atoms with Crippen molar-refractivity contribution < 1.29 is 13.2 Å². The van der Waals surface area contributed by atoms with Crippen molar-refractivity contribution in [2.75, 3.05) is 39.8 Å². The molecular weight excluding hydrogens is 532 g/mol. The maximum absolute atomic E-state index is 13.9. The van der Waals surface area contributed by atoms with Gasteiger partial charge in [0.1, 0.15) is 17.1 Å². The third-order valence-corrected chi connectivity index (χ3v) is 9.09. The maximum Gasteiger partial charge on any atom is 0.280 e. The van der Waals surface area contributed by atoms with Crippen LogP contribution in [0.3, 0.4) is 0 Å². The number of hydrogen-bond donors (Lipinski definition) is 0. The van der Waals surface area contributed by atoms with Crippen LogP contribution in [0, 0.1) is 0 Å². The van der Waals surface area contributed by atoms with E-state index in [9.17, 15) is 13.2 Å². The molecule has 12 nitrogen and oxygen atoms in total. The van der Waals surface area contributed by atoms with E-state index in [4.69, 9.17) is 14.8 Å². The molecule has 40 heavy (non-hydrogen) atoms. The molecule has 1 saturated heterocycles. The third kappa shape index (κ3) is 4.93. The van der Waals surface area contributed by atoms with E-state index in [2.05, 4.69) is 9.88 Å². The average molecular weight is 569 g/mol. The summed E-state index contributed by atoms with van der Waals surface area (Å²) in [5.41, 5.74) is 1.60. The van der Waals surface area contributed by atoms with E-state index in [0.29, 0.717) is 79.0 Å². The molecule has 0 bridgehead atoms. The summed E-state index contributed by atoms with van der Waals surface area (Å²) in [7, 11) is 1.69. The third-order valence-electron chi connectivity index (χ3n) is 7.20. The van der Waals surface area contributed by atoms with E-state index in [0.717, 1.165) is 12.8 Å². The molecule has 0 saturated carbocycles. The zero-order valence-electron chi connectivity index (χ0n) is 23.7. The Morgan fingerprint density at radius 3 is 2.42 bits per heavy atom. The normalized spacial score (nSPS) is 15.2. The van der Waals surface area contributed by atoms with Gasteiger partial charge in [-0.15, -0.1) is 0 Å². The van der Waals surface area contributed by atoms with Crippen LogP contribution in [-0.4, -0.2) is 86.3 Å². The highest BCUT2D eigenvalue weighted by atomic mass is 32.2. The van der Waals surface area contributed by atoms with Crippen molar-refractivity contribution in [1.82, 2.24) is 38.1 Å². The fraction of sp³-hybridized carbons (Fsp3) is 0.481. The number of aryl methyl sites for hydroxylation is 2. The van der Waals surface area contributed by atoms with Gasteiger partial charge in [-0.1, -0.05) is 20.3 Å². The van der Waals surface area contributed by atoms with Gasteiger partial charge in [0.15, 0.2) is 5.52 Å². The number of benzene rings is 1. The van der Waals surface area contributed by atoms with Gasteiger partial charge in [0.05, 0.1) is 22.8 Å². The maximum atomic E-state index is 13.9. The van der Waals surface area contributed by atoms with E-state index in [-0.39, 0.29) is 10.5 Å². The fourth-order valence-electron chi connectivity index (χ4n) is 4.91. The summed E-state index contributed by atoms with van der Waals surface area (Å²) in [5.74, 6) is 1.29. The summed E-state index contributed by atoms with van der Waals surface area (Å²) in [6, 6.07) is 4.81. The molecule has 0 radical (unpaired) electrons. The van der Waals surface area contributed by atoms with E-state index < -0.39 is 10.0 Å². The number of imidazole rings is 1. The number of rotatable bonds is 9. The number of hydrogen-bond acceptors (Lipinski definition) is 8. The highest BCUT2D eigenvalue weighted by Crippen LogP contribution is 2.33. The minimum Gasteiger partial charge on any atom is -0.493 e. The topological polar surface area (TPSA) is 120 Å². The first-order valence-electron chi connectivity index (χ1n) is 13.6. The van der Waals surface area contributed by atoms with Crippen LogP contribution in [0.2, 0.25) is 0 Å². The molecule has 0 amide bonds. The van der Waals surface area contributed by atoms with Crippen molar-refractivity contribution in [2.45, 2.75) is 38.0 Å². The summed E-state index contributed by atoms with van der Waals surface area (Å²) in [6.45, 7) is 6.63. The minimum atomic E-state index is -3.76. The van der Waals surface area contributed by atoms with E-state index in [1.807, 2.05) is 27.9 Å². The van der Waals surface area contributed by atoms with Crippen molar-refractivity contribution in [1.29, 1.82) is 0 Å². The highest BCUT2D eigenvalue weighted by Gasteiger charge is 2.29. The molecule has 4 heterocycles. The molecule has 1 aromatic carbocycles. The molecule has 0 N–H and O–H groups in total. The van der Waals surface area contributed by atoms with Crippen LogP contribution in [0.4, 0.5) is 0 Å². The Morgan fingerprint density at radius 2 is 1.77 bits per heavy atom. The molecule has 0 aliphatic carbocycles. The van der Waals surface area contributed by atoms with Crippen LogP contribution in [0.1, 0.15) is 32.4 Å². The lowest BCUT2D eigenvalue weighted by Crippen LogP contribution is -2.47. The molecule has 1 fully saturated rings. The van der Waals surface area contributed by atoms with E-state index in [1.54, 1.807) is 46.9 Å². The molecule has 13 heteroatoms. The minimum absolute atomic E-state index is 0.141. The van der Waals surface area contributed by atoms with Crippen molar-refractivity contribution in [2.24, 2.45) is 14.1 Å². The van der Waals surface area contributed by atoms with Gasteiger partial charge in [0.25, 0.3) is 5.56 Å². The molecule has 214 valence electrons. The van der Waals surface area contributed by atoms with Gasteiger partial charge in [-0.25, -0.2) is 18.4 Å². The van der Waals surface area contributed by atoms with E-state index >= 15 is 0 Å². The lowest BCUT2D eigenvalue weighted by molar-refractivity contribution is 0.222. The Bertz CT molecular complexity index is 1700. The van der Waals surface area contributed by atoms with Crippen LogP contribution in [0.15, 0.2) is 40.3 Å². The van der Waals surface area contributed by atoms with Crippen LogP contribution >= 0.6 is 0 Å². The summed E-state index contributed by atoms with van der Waals surface area (Å²) in [5, 5.41) is 4.73. The van der Waals surface area contributed by atoms with Crippen LogP contribution < -0.4 is 10.3 Å². The molecule has 4 aromatic rings. The van der Waals surface area contributed by atoms with Crippen molar-refractivity contribution in [3.8, 4) is 23.1 Å². The molecule has 3 aromatic heterocycles. The number of likely N-dealkylation sites (N-methyl/N-ethyl adjacent to an activating group) is 1. The van der Waals surface area contributed by atoms with Gasteiger partial charge in [0.2, 0.25) is 16.0 Å². The highest BCUT2D eigenvalue weighted by molar-refractivity contribution is 7.89. The quantitative estimate of drug-likeness (QED) is 0.301. The molecule has 0 atom stereocenters. The Balaban J connectivity index is 1.72. The predicted octanol–water partition coefficient (Wildman–Crippen LogP) is 2.20. The SMILES string of the molecule is CCCOc1ccc(S(=O)(=O)N2CCN(C)CC2)cc1-c1nc2c(CCC)nn(-c3nccn3C)c2c(=O)n1C. The number of fused-ring (bicyclic) bond motifs is 1. The first-order chi connectivity index (χ1) is 19.2.